The van der Waals surface area contributed by atoms with Gasteiger partial charge >= 0.3 is 5.97 Å². The lowest BCUT2D eigenvalue weighted by Gasteiger charge is -2.15. The zero-order valence-corrected chi connectivity index (χ0v) is 11.1. The first-order chi connectivity index (χ1) is 9.10. The highest BCUT2D eigenvalue weighted by Crippen LogP contribution is 2.10. The van der Waals surface area contributed by atoms with E-state index in [4.69, 9.17) is 10.8 Å². The van der Waals surface area contributed by atoms with E-state index in [1.807, 2.05) is 19.1 Å². The third-order valence-corrected chi connectivity index (χ3v) is 2.86. The molecule has 0 heterocycles. The van der Waals surface area contributed by atoms with Gasteiger partial charge in [0.2, 0.25) is 0 Å². The second-order valence-corrected chi connectivity index (χ2v) is 4.35. The Labute approximate surface area is 112 Å². The number of hydrogen-bond acceptors (Lipinski definition) is 3. The maximum atomic E-state index is 12.1. The molecule has 0 aliphatic heterocycles. The van der Waals surface area contributed by atoms with Gasteiger partial charge in [0.05, 0.1) is 0 Å². The number of carboxylic acids is 1. The summed E-state index contributed by atoms with van der Waals surface area (Å²) in [5.41, 5.74) is 6.83. The van der Waals surface area contributed by atoms with Crippen molar-refractivity contribution in [3.8, 4) is 0 Å². The van der Waals surface area contributed by atoms with Crippen LogP contribution in [0.15, 0.2) is 24.3 Å². The minimum Gasteiger partial charge on any atom is -0.480 e. The minimum absolute atomic E-state index is 0.357. The van der Waals surface area contributed by atoms with Crippen molar-refractivity contribution >= 4 is 11.9 Å². The summed E-state index contributed by atoms with van der Waals surface area (Å²) in [6, 6.07) is 6.26. The first kappa shape index (κ1) is 15.2. The Morgan fingerprint density at radius 3 is 2.63 bits per heavy atom. The Morgan fingerprint density at radius 1 is 1.37 bits per heavy atom. The average Bonchev–Trinajstić information content (AvgIpc) is 2.39. The van der Waals surface area contributed by atoms with Crippen LogP contribution in [0.2, 0.25) is 0 Å². The number of amides is 1. The van der Waals surface area contributed by atoms with Gasteiger partial charge in [0.1, 0.15) is 6.04 Å². The summed E-state index contributed by atoms with van der Waals surface area (Å²) in [7, 11) is 0. The van der Waals surface area contributed by atoms with Crippen molar-refractivity contribution in [2.75, 3.05) is 6.54 Å². The lowest BCUT2D eigenvalue weighted by molar-refractivity contribution is -0.139. The number of carbonyl (C=O) groups is 2. The molecule has 0 spiro atoms. The standard InChI is InChI=1S/C14H20N2O3/c1-2-5-12(14(18)19)16-13(17)11-7-4-3-6-10(11)8-9-15/h3-4,6-7,12H,2,5,8-9,15H2,1H3,(H,16,17)(H,18,19)/t12-/m0/s1. The van der Waals surface area contributed by atoms with Gasteiger partial charge in [-0.1, -0.05) is 31.5 Å². The van der Waals surface area contributed by atoms with Crippen molar-refractivity contribution < 1.29 is 14.7 Å². The highest BCUT2D eigenvalue weighted by atomic mass is 16.4. The van der Waals surface area contributed by atoms with E-state index in [1.165, 1.54) is 0 Å². The number of rotatable bonds is 7. The normalized spacial score (nSPS) is 11.9. The molecule has 5 nitrogen and oxygen atoms in total. The maximum Gasteiger partial charge on any atom is 0.326 e. The molecule has 104 valence electrons. The van der Waals surface area contributed by atoms with Gasteiger partial charge in [-0.15, -0.1) is 0 Å². The van der Waals surface area contributed by atoms with Crippen LogP contribution < -0.4 is 11.1 Å². The Morgan fingerprint density at radius 2 is 2.05 bits per heavy atom. The van der Waals surface area contributed by atoms with Crippen LogP contribution in [0.4, 0.5) is 0 Å². The summed E-state index contributed by atoms with van der Waals surface area (Å²) < 4.78 is 0. The summed E-state index contributed by atoms with van der Waals surface area (Å²) in [5.74, 6) is -1.36. The van der Waals surface area contributed by atoms with Crippen LogP contribution >= 0.6 is 0 Å². The molecule has 19 heavy (non-hydrogen) atoms. The molecule has 1 rings (SSSR count). The summed E-state index contributed by atoms with van der Waals surface area (Å²) in [5, 5.41) is 11.6. The number of hydrogen-bond donors (Lipinski definition) is 3. The van der Waals surface area contributed by atoms with Crippen LogP contribution in [0.1, 0.15) is 35.7 Å². The van der Waals surface area contributed by atoms with E-state index in [9.17, 15) is 9.59 Å². The van der Waals surface area contributed by atoms with Crippen molar-refractivity contribution in [3.63, 3.8) is 0 Å². The van der Waals surface area contributed by atoms with E-state index in [0.29, 0.717) is 31.4 Å². The monoisotopic (exact) mass is 264 g/mol. The fraction of sp³-hybridized carbons (Fsp3) is 0.429. The van der Waals surface area contributed by atoms with Crippen LogP contribution in [-0.4, -0.2) is 29.6 Å². The molecule has 1 aromatic rings. The SMILES string of the molecule is CCC[C@H](NC(=O)c1ccccc1CCN)C(=O)O. The van der Waals surface area contributed by atoms with Gasteiger partial charge in [0.15, 0.2) is 0 Å². The first-order valence-corrected chi connectivity index (χ1v) is 6.41. The Hall–Kier alpha value is -1.88. The molecule has 0 radical (unpaired) electrons. The molecule has 0 saturated heterocycles. The number of aliphatic carboxylic acids is 1. The Bertz CT molecular complexity index is 446. The van der Waals surface area contributed by atoms with Crippen molar-refractivity contribution in [1.29, 1.82) is 0 Å². The molecule has 0 aliphatic rings. The van der Waals surface area contributed by atoms with Gasteiger partial charge in [-0.25, -0.2) is 4.79 Å². The van der Waals surface area contributed by atoms with Crippen molar-refractivity contribution in [2.24, 2.45) is 5.73 Å². The molecule has 4 N–H and O–H groups in total. The minimum atomic E-state index is -1.01. The van der Waals surface area contributed by atoms with Crippen LogP contribution in [0.5, 0.6) is 0 Å². The summed E-state index contributed by atoms with van der Waals surface area (Å²) in [6.45, 7) is 2.33. The van der Waals surface area contributed by atoms with Crippen molar-refractivity contribution in [3.05, 3.63) is 35.4 Å². The summed E-state index contributed by atoms with van der Waals surface area (Å²) in [6.07, 6.45) is 1.71. The van der Waals surface area contributed by atoms with Gasteiger partial charge in [0.25, 0.3) is 5.91 Å². The van der Waals surface area contributed by atoms with Crippen LogP contribution in [-0.2, 0) is 11.2 Å². The zero-order valence-electron chi connectivity index (χ0n) is 11.1. The highest BCUT2D eigenvalue weighted by molar-refractivity contribution is 5.97. The lowest BCUT2D eigenvalue weighted by Crippen LogP contribution is -2.41. The van der Waals surface area contributed by atoms with Gasteiger partial charge in [-0.2, -0.15) is 0 Å². The second-order valence-electron chi connectivity index (χ2n) is 4.35. The quantitative estimate of drug-likeness (QED) is 0.689. The van der Waals surface area contributed by atoms with Gasteiger partial charge in [-0.3, -0.25) is 4.79 Å². The van der Waals surface area contributed by atoms with E-state index >= 15 is 0 Å². The van der Waals surface area contributed by atoms with E-state index in [-0.39, 0.29) is 5.91 Å². The Balaban J connectivity index is 2.84. The van der Waals surface area contributed by atoms with Crippen LogP contribution in [0.25, 0.3) is 0 Å². The fourth-order valence-corrected chi connectivity index (χ4v) is 1.90. The summed E-state index contributed by atoms with van der Waals surface area (Å²) in [4.78, 5) is 23.1. The molecule has 0 bridgehead atoms. The Kier molecular flexibility index (Phi) is 6.02. The van der Waals surface area contributed by atoms with Gasteiger partial charge < -0.3 is 16.2 Å². The fourth-order valence-electron chi connectivity index (χ4n) is 1.90. The number of nitrogens with one attached hydrogen (secondary N) is 1. The molecule has 0 saturated carbocycles. The predicted octanol–water partition coefficient (Wildman–Crippen LogP) is 1.17. The number of nitrogens with two attached hydrogens (primary N) is 1. The molecule has 0 fully saturated rings. The molecule has 0 unspecified atom stereocenters. The molecule has 1 atom stereocenters. The van der Waals surface area contributed by atoms with Crippen molar-refractivity contribution in [1.82, 2.24) is 5.32 Å². The number of carbonyl (C=O) groups excluding carboxylic acids is 1. The largest absolute Gasteiger partial charge is 0.480 e. The predicted molar refractivity (Wildman–Crippen MR) is 73.0 cm³/mol. The lowest BCUT2D eigenvalue weighted by atomic mass is 10.0. The third-order valence-electron chi connectivity index (χ3n) is 2.86. The molecule has 1 aromatic carbocycles. The van der Waals surface area contributed by atoms with E-state index in [2.05, 4.69) is 5.32 Å². The molecule has 0 aliphatic carbocycles. The molecule has 5 heteroatoms. The summed E-state index contributed by atoms with van der Waals surface area (Å²) >= 11 is 0. The second kappa shape index (κ2) is 7.53. The van der Waals surface area contributed by atoms with Crippen LogP contribution in [0, 0.1) is 0 Å². The van der Waals surface area contributed by atoms with Crippen molar-refractivity contribution in [2.45, 2.75) is 32.2 Å². The number of benzene rings is 1. The number of carboxylic acid groups (broad SMARTS) is 1. The van der Waals surface area contributed by atoms with E-state index < -0.39 is 12.0 Å². The highest BCUT2D eigenvalue weighted by Gasteiger charge is 2.20. The molecular weight excluding hydrogens is 244 g/mol. The van der Waals surface area contributed by atoms with Crippen LogP contribution in [0.3, 0.4) is 0 Å². The van der Waals surface area contributed by atoms with Gasteiger partial charge in [0, 0.05) is 5.56 Å². The van der Waals surface area contributed by atoms with E-state index in [0.717, 1.165) is 5.56 Å². The average molecular weight is 264 g/mol. The first-order valence-electron chi connectivity index (χ1n) is 6.41. The van der Waals surface area contributed by atoms with Gasteiger partial charge in [-0.05, 0) is 31.0 Å². The molecular formula is C14H20N2O3. The van der Waals surface area contributed by atoms with E-state index in [1.54, 1.807) is 12.1 Å². The smallest absolute Gasteiger partial charge is 0.326 e. The molecule has 0 aromatic heterocycles. The maximum absolute atomic E-state index is 12.1. The topological polar surface area (TPSA) is 92.4 Å². The zero-order chi connectivity index (χ0) is 14.3. The third kappa shape index (κ3) is 4.37. The molecule has 1 amide bonds.